The van der Waals surface area contributed by atoms with Crippen molar-refractivity contribution in [1.29, 1.82) is 0 Å². The third kappa shape index (κ3) is 3.97. The van der Waals surface area contributed by atoms with Crippen LogP contribution in [0.15, 0.2) is 58.8 Å². The molecule has 0 aromatic carbocycles. The molecule has 2 aromatic rings. The Hall–Kier alpha value is -1.91. The van der Waals surface area contributed by atoms with Gasteiger partial charge in [-0.25, -0.2) is 0 Å². The molecule has 32 heavy (non-hydrogen) atoms. The molecule has 2 nitrogen and oxygen atoms in total. The fourth-order valence-electron chi connectivity index (χ4n) is 6.26. The molecule has 0 spiro atoms. The number of carbonyl (C=O) groups excluding carboxylic acids is 1. The fourth-order valence-corrected chi connectivity index (χ4v) is 7.81. The van der Waals surface area contributed by atoms with Gasteiger partial charge in [-0.15, -0.1) is 22.7 Å². The molecule has 4 heteroatoms. The molecule has 0 N–H and O–H groups in total. The monoisotopic (exact) mass is 462 g/mol. The van der Waals surface area contributed by atoms with Crippen LogP contribution in [0.2, 0.25) is 0 Å². The van der Waals surface area contributed by atoms with E-state index in [2.05, 4.69) is 53.3 Å². The van der Waals surface area contributed by atoms with Crippen LogP contribution in [0.25, 0.3) is 11.1 Å². The van der Waals surface area contributed by atoms with Crippen LogP contribution in [-0.2, 0) is 9.53 Å². The first-order valence-electron chi connectivity index (χ1n) is 12.1. The maximum atomic E-state index is 13.0. The van der Waals surface area contributed by atoms with E-state index in [1.807, 2.05) is 0 Å². The maximum Gasteiger partial charge on any atom is 0.310 e. The van der Waals surface area contributed by atoms with Gasteiger partial charge in [0.1, 0.15) is 0 Å². The van der Waals surface area contributed by atoms with Crippen molar-refractivity contribution in [1.82, 2.24) is 0 Å². The molecule has 6 rings (SSSR count). The van der Waals surface area contributed by atoms with Crippen molar-refractivity contribution >= 4 is 39.8 Å². The summed E-state index contributed by atoms with van der Waals surface area (Å²) in [5.74, 6) is 3.46. The highest BCUT2D eigenvalue weighted by atomic mass is 32.1. The lowest BCUT2D eigenvalue weighted by atomic mass is 9.72. The number of ether oxygens (including phenoxy) is 1. The molecule has 4 atom stereocenters. The van der Waals surface area contributed by atoms with Crippen LogP contribution in [0.1, 0.15) is 54.7 Å². The van der Waals surface area contributed by atoms with Crippen LogP contribution < -0.4 is 0 Å². The van der Waals surface area contributed by atoms with Crippen LogP contribution in [-0.4, -0.2) is 12.6 Å². The molecule has 0 aliphatic heterocycles. The van der Waals surface area contributed by atoms with Crippen molar-refractivity contribution in [3.8, 4) is 0 Å². The average molecular weight is 463 g/mol. The van der Waals surface area contributed by atoms with E-state index >= 15 is 0 Å². The number of fused-ring (bicyclic) bond motifs is 2. The van der Waals surface area contributed by atoms with Gasteiger partial charge in [0.2, 0.25) is 0 Å². The third-order valence-electron chi connectivity index (χ3n) is 8.16. The molecule has 4 unspecified atom stereocenters. The molecule has 166 valence electrons. The largest absolute Gasteiger partial charge is 0.465 e. The summed E-state index contributed by atoms with van der Waals surface area (Å²) >= 11 is 3.53. The average Bonchev–Trinajstić information content (AvgIpc) is 3.55. The summed E-state index contributed by atoms with van der Waals surface area (Å²) in [6.45, 7) is 0.602. The van der Waals surface area contributed by atoms with Gasteiger partial charge in [0.25, 0.3) is 0 Å². The second kappa shape index (κ2) is 8.79. The molecule has 4 aliphatic carbocycles. The van der Waals surface area contributed by atoms with Gasteiger partial charge in [0.05, 0.1) is 13.0 Å². The summed E-state index contributed by atoms with van der Waals surface area (Å²) in [5.41, 5.74) is 3.76. The minimum Gasteiger partial charge on any atom is -0.465 e. The summed E-state index contributed by atoms with van der Waals surface area (Å²) in [5, 5.41) is 4.24. The van der Waals surface area contributed by atoms with E-state index < -0.39 is 0 Å². The zero-order valence-electron chi connectivity index (χ0n) is 18.4. The van der Waals surface area contributed by atoms with E-state index in [9.17, 15) is 4.79 Å². The van der Waals surface area contributed by atoms with Crippen molar-refractivity contribution in [2.24, 2.45) is 29.6 Å². The number of thiophene rings is 2. The van der Waals surface area contributed by atoms with Gasteiger partial charge < -0.3 is 4.74 Å². The predicted octanol–water partition coefficient (Wildman–Crippen LogP) is 7.61. The highest BCUT2D eigenvalue weighted by Gasteiger charge is 2.45. The number of hydrogen-bond acceptors (Lipinski definition) is 4. The van der Waals surface area contributed by atoms with Gasteiger partial charge in [-0.05, 0) is 76.1 Å². The Morgan fingerprint density at radius 2 is 1.75 bits per heavy atom. The Kier molecular flexibility index (Phi) is 5.68. The Morgan fingerprint density at radius 3 is 2.44 bits per heavy atom. The first kappa shape index (κ1) is 20.7. The lowest BCUT2D eigenvalue weighted by Crippen LogP contribution is -2.29. The second-order valence-corrected chi connectivity index (χ2v) is 11.9. The Balaban J connectivity index is 1.13. The standard InChI is InChI=1S/C28H30O2S2/c29-28(30-17-25-20-9-8-19(13-20)23(25)12-18-4-1-5-18)16-21-14-22(26-6-2-10-31-26)15-24(21)27-7-3-11-32-27/h2-3,6-11,14,18-20,23,25H,1,4-5,12-13,15-17H2. The highest BCUT2D eigenvalue weighted by Crippen LogP contribution is 2.52. The molecule has 0 saturated heterocycles. The van der Waals surface area contributed by atoms with Crippen molar-refractivity contribution in [3.05, 3.63) is 68.6 Å². The Labute approximate surface area is 198 Å². The maximum absolute atomic E-state index is 13.0. The van der Waals surface area contributed by atoms with Crippen LogP contribution in [0.3, 0.4) is 0 Å². The molecule has 2 fully saturated rings. The molecule has 2 aromatic heterocycles. The molecule has 2 bridgehead atoms. The summed E-state index contributed by atoms with van der Waals surface area (Å²) in [6, 6.07) is 8.54. The number of hydrogen-bond donors (Lipinski definition) is 0. The lowest BCUT2D eigenvalue weighted by molar-refractivity contribution is -0.145. The first-order chi connectivity index (χ1) is 15.7. The molecule has 2 saturated carbocycles. The van der Waals surface area contributed by atoms with Gasteiger partial charge in [0.15, 0.2) is 0 Å². The lowest BCUT2D eigenvalue weighted by Gasteiger charge is -2.34. The zero-order valence-corrected chi connectivity index (χ0v) is 20.0. The molecule has 0 amide bonds. The van der Waals surface area contributed by atoms with E-state index in [1.165, 1.54) is 53.0 Å². The Bertz CT molecular complexity index is 1050. The molecular weight excluding hydrogens is 432 g/mol. The van der Waals surface area contributed by atoms with E-state index in [1.54, 1.807) is 22.7 Å². The SMILES string of the molecule is O=C(CC1=C(c2cccs2)CC(c2cccs2)=C1)OCC1C2C=CC(C2)C1CC1CCC1. The van der Waals surface area contributed by atoms with Crippen molar-refractivity contribution in [3.63, 3.8) is 0 Å². The van der Waals surface area contributed by atoms with E-state index in [0.29, 0.717) is 24.9 Å². The van der Waals surface area contributed by atoms with Crippen LogP contribution in [0.5, 0.6) is 0 Å². The second-order valence-electron chi connectivity index (χ2n) is 9.97. The highest BCUT2D eigenvalue weighted by molar-refractivity contribution is 7.11. The van der Waals surface area contributed by atoms with Gasteiger partial charge in [-0.3, -0.25) is 4.79 Å². The van der Waals surface area contributed by atoms with E-state index in [0.717, 1.165) is 29.7 Å². The number of esters is 1. The Morgan fingerprint density at radius 1 is 1.00 bits per heavy atom. The number of allylic oxidation sites excluding steroid dienone is 5. The van der Waals surface area contributed by atoms with Crippen LogP contribution in [0, 0.1) is 29.6 Å². The van der Waals surface area contributed by atoms with Crippen molar-refractivity contribution in [2.75, 3.05) is 6.61 Å². The summed E-state index contributed by atoms with van der Waals surface area (Å²) in [6.07, 6.45) is 15.2. The van der Waals surface area contributed by atoms with Gasteiger partial charge in [0, 0.05) is 22.1 Å². The summed E-state index contributed by atoms with van der Waals surface area (Å²) in [7, 11) is 0. The molecular formula is C28H30O2S2. The minimum atomic E-state index is -0.0631. The van der Waals surface area contributed by atoms with Crippen molar-refractivity contribution in [2.45, 2.75) is 44.9 Å². The minimum absolute atomic E-state index is 0.0631. The van der Waals surface area contributed by atoms with Crippen molar-refractivity contribution < 1.29 is 9.53 Å². The first-order valence-corrected chi connectivity index (χ1v) is 13.8. The number of carbonyl (C=O) groups is 1. The van der Waals surface area contributed by atoms with Gasteiger partial charge in [-0.2, -0.15) is 0 Å². The fraction of sp³-hybridized carbons (Fsp3) is 0.464. The van der Waals surface area contributed by atoms with E-state index in [4.69, 9.17) is 4.74 Å². The smallest absolute Gasteiger partial charge is 0.310 e. The summed E-state index contributed by atoms with van der Waals surface area (Å²) in [4.78, 5) is 15.5. The van der Waals surface area contributed by atoms with Gasteiger partial charge >= 0.3 is 5.97 Å². The molecule has 0 radical (unpaired) electrons. The van der Waals surface area contributed by atoms with Gasteiger partial charge in [-0.1, -0.05) is 49.6 Å². The predicted molar refractivity (Wildman–Crippen MR) is 133 cm³/mol. The van der Waals surface area contributed by atoms with E-state index in [-0.39, 0.29) is 5.97 Å². The van der Waals surface area contributed by atoms with Crippen LogP contribution in [0.4, 0.5) is 0 Å². The quantitative estimate of drug-likeness (QED) is 0.298. The molecule has 4 aliphatic rings. The zero-order chi connectivity index (χ0) is 21.5. The third-order valence-corrected chi connectivity index (χ3v) is 10.0. The van der Waals surface area contributed by atoms with Crippen LogP contribution >= 0.6 is 22.7 Å². The normalized spacial score (nSPS) is 28.9. The summed E-state index contributed by atoms with van der Waals surface area (Å²) < 4.78 is 5.97. The molecule has 2 heterocycles. The topological polar surface area (TPSA) is 26.3 Å². The number of rotatable bonds is 8.